The molecule has 2 aromatic rings. The second-order valence-electron chi connectivity index (χ2n) is 2.77. The molecule has 0 spiro atoms. The quantitative estimate of drug-likeness (QED) is 0.700. The zero-order valence-corrected chi connectivity index (χ0v) is 6.98. The monoisotopic (exact) mass is 187 g/mol. The van der Waals surface area contributed by atoms with E-state index in [1.54, 1.807) is 0 Å². The lowest BCUT2D eigenvalue weighted by Gasteiger charge is -1.96. The van der Waals surface area contributed by atoms with E-state index < -0.39 is 5.97 Å². The lowest BCUT2D eigenvalue weighted by atomic mass is 10.1. The fourth-order valence-electron chi connectivity index (χ4n) is 1.27. The summed E-state index contributed by atoms with van der Waals surface area (Å²) in [6, 6.07) is 4.71. The largest absolute Gasteiger partial charge is 0.478 e. The third kappa shape index (κ3) is 1.10. The molecule has 0 radical (unpaired) electrons. The third-order valence-electron chi connectivity index (χ3n) is 1.93. The van der Waals surface area contributed by atoms with Crippen molar-refractivity contribution in [1.29, 1.82) is 5.26 Å². The van der Waals surface area contributed by atoms with E-state index in [0.29, 0.717) is 16.5 Å². The van der Waals surface area contributed by atoms with E-state index in [1.165, 1.54) is 18.3 Å². The Bertz CT molecular complexity index is 551. The molecule has 68 valence electrons. The normalized spacial score (nSPS) is 9.93. The van der Waals surface area contributed by atoms with E-state index in [0.717, 1.165) is 0 Å². The molecule has 0 aliphatic rings. The molecule has 14 heavy (non-hydrogen) atoms. The highest BCUT2D eigenvalue weighted by Gasteiger charge is 2.09. The van der Waals surface area contributed by atoms with Gasteiger partial charge >= 0.3 is 5.97 Å². The SMILES string of the molecule is N#Cc1cc(C(=O)O)cc2[nH]ncc12. The average Bonchev–Trinajstić information content (AvgIpc) is 2.63. The van der Waals surface area contributed by atoms with Gasteiger partial charge in [0.05, 0.1) is 28.9 Å². The van der Waals surface area contributed by atoms with Gasteiger partial charge in [-0.2, -0.15) is 10.4 Å². The van der Waals surface area contributed by atoms with Gasteiger partial charge in [-0.3, -0.25) is 5.10 Å². The minimum Gasteiger partial charge on any atom is -0.478 e. The van der Waals surface area contributed by atoms with Crippen LogP contribution in [0.1, 0.15) is 15.9 Å². The number of nitrogens with zero attached hydrogens (tertiary/aromatic N) is 2. The first-order chi connectivity index (χ1) is 6.72. The van der Waals surface area contributed by atoms with Gasteiger partial charge in [0.1, 0.15) is 0 Å². The van der Waals surface area contributed by atoms with Gasteiger partial charge in [0.25, 0.3) is 0 Å². The summed E-state index contributed by atoms with van der Waals surface area (Å²) < 4.78 is 0. The molecule has 0 atom stereocenters. The number of H-pyrrole nitrogens is 1. The zero-order valence-electron chi connectivity index (χ0n) is 6.98. The predicted molar refractivity (Wildman–Crippen MR) is 47.8 cm³/mol. The van der Waals surface area contributed by atoms with Crippen molar-refractivity contribution in [2.24, 2.45) is 0 Å². The number of fused-ring (bicyclic) bond motifs is 1. The minimum absolute atomic E-state index is 0.0818. The Kier molecular flexibility index (Phi) is 1.68. The van der Waals surface area contributed by atoms with Crippen molar-refractivity contribution >= 4 is 16.9 Å². The molecule has 0 saturated carbocycles. The average molecular weight is 187 g/mol. The van der Waals surface area contributed by atoms with Crippen molar-refractivity contribution in [2.75, 3.05) is 0 Å². The first kappa shape index (κ1) is 8.26. The second kappa shape index (κ2) is 2.85. The molecule has 2 N–H and O–H groups in total. The van der Waals surface area contributed by atoms with E-state index in [9.17, 15) is 4.79 Å². The lowest BCUT2D eigenvalue weighted by Crippen LogP contribution is -1.96. The summed E-state index contributed by atoms with van der Waals surface area (Å²) in [5.74, 6) is -1.06. The highest BCUT2D eigenvalue weighted by atomic mass is 16.4. The smallest absolute Gasteiger partial charge is 0.335 e. The maximum absolute atomic E-state index is 10.7. The molecule has 0 fully saturated rings. The Balaban J connectivity index is 2.82. The van der Waals surface area contributed by atoms with Gasteiger partial charge in [-0.05, 0) is 12.1 Å². The number of aromatic nitrogens is 2. The molecule has 0 saturated heterocycles. The summed E-state index contributed by atoms with van der Waals surface area (Å²) >= 11 is 0. The molecule has 0 bridgehead atoms. The van der Waals surface area contributed by atoms with Crippen LogP contribution >= 0.6 is 0 Å². The molecular weight excluding hydrogens is 182 g/mol. The van der Waals surface area contributed by atoms with E-state index in [2.05, 4.69) is 10.2 Å². The highest BCUT2D eigenvalue weighted by molar-refractivity contribution is 5.95. The first-order valence-corrected chi connectivity index (χ1v) is 3.83. The van der Waals surface area contributed by atoms with Crippen LogP contribution < -0.4 is 0 Å². The zero-order chi connectivity index (χ0) is 10.1. The van der Waals surface area contributed by atoms with Crippen LogP contribution in [0.15, 0.2) is 18.3 Å². The van der Waals surface area contributed by atoms with Crippen molar-refractivity contribution in [2.45, 2.75) is 0 Å². The number of rotatable bonds is 1. The topological polar surface area (TPSA) is 89.8 Å². The van der Waals surface area contributed by atoms with Gasteiger partial charge < -0.3 is 5.11 Å². The standard InChI is InChI=1S/C9H5N3O2/c10-3-6-1-5(9(13)14)2-8-7(6)4-11-12-8/h1-2,4H,(H,11,12)(H,13,14). The van der Waals surface area contributed by atoms with Crippen LogP contribution in [0, 0.1) is 11.3 Å². The number of aromatic amines is 1. The predicted octanol–water partition coefficient (Wildman–Crippen LogP) is 1.13. The Morgan fingerprint density at radius 2 is 2.36 bits per heavy atom. The Morgan fingerprint density at radius 1 is 1.57 bits per heavy atom. The fourth-order valence-corrected chi connectivity index (χ4v) is 1.27. The summed E-state index contributed by atoms with van der Waals surface area (Å²) in [6.07, 6.45) is 1.50. The minimum atomic E-state index is -1.06. The molecule has 0 unspecified atom stereocenters. The molecule has 5 nitrogen and oxygen atoms in total. The van der Waals surface area contributed by atoms with Crippen LogP contribution in [0.5, 0.6) is 0 Å². The van der Waals surface area contributed by atoms with Crippen molar-refractivity contribution < 1.29 is 9.90 Å². The summed E-state index contributed by atoms with van der Waals surface area (Å²) in [5.41, 5.74) is 0.952. The molecule has 1 aromatic carbocycles. The number of nitriles is 1. The number of hydrogen-bond acceptors (Lipinski definition) is 3. The van der Waals surface area contributed by atoms with Gasteiger partial charge in [-0.25, -0.2) is 4.79 Å². The third-order valence-corrected chi connectivity index (χ3v) is 1.93. The maximum atomic E-state index is 10.7. The molecular formula is C9H5N3O2. The second-order valence-corrected chi connectivity index (χ2v) is 2.77. The first-order valence-electron chi connectivity index (χ1n) is 3.83. The Labute approximate surface area is 78.6 Å². The molecule has 0 aliphatic carbocycles. The van der Waals surface area contributed by atoms with Crippen molar-refractivity contribution in [3.63, 3.8) is 0 Å². The number of carboxylic acids is 1. The lowest BCUT2D eigenvalue weighted by molar-refractivity contribution is 0.0697. The van der Waals surface area contributed by atoms with Crippen LogP contribution in [0.2, 0.25) is 0 Å². The number of nitrogens with one attached hydrogen (secondary N) is 1. The Morgan fingerprint density at radius 3 is 3.00 bits per heavy atom. The number of benzene rings is 1. The summed E-state index contributed by atoms with van der Waals surface area (Å²) in [4.78, 5) is 10.7. The Hall–Kier alpha value is -2.35. The van der Waals surface area contributed by atoms with Gasteiger partial charge in [-0.1, -0.05) is 0 Å². The van der Waals surface area contributed by atoms with Crippen LogP contribution in [-0.4, -0.2) is 21.3 Å². The number of aromatic carboxylic acids is 1. The van der Waals surface area contributed by atoms with Gasteiger partial charge in [0.15, 0.2) is 0 Å². The number of hydrogen-bond donors (Lipinski definition) is 2. The van der Waals surface area contributed by atoms with Crippen LogP contribution in [-0.2, 0) is 0 Å². The van der Waals surface area contributed by atoms with Crippen molar-refractivity contribution in [3.8, 4) is 6.07 Å². The number of carbonyl (C=O) groups is 1. The van der Waals surface area contributed by atoms with Crippen molar-refractivity contribution in [1.82, 2.24) is 10.2 Å². The highest BCUT2D eigenvalue weighted by Crippen LogP contribution is 2.18. The molecule has 5 heteroatoms. The van der Waals surface area contributed by atoms with Gasteiger partial charge in [-0.15, -0.1) is 0 Å². The van der Waals surface area contributed by atoms with Crippen LogP contribution in [0.3, 0.4) is 0 Å². The van der Waals surface area contributed by atoms with Crippen LogP contribution in [0.25, 0.3) is 10.9 Å². The van der Waals surface area contributed by atoms with E-state index in [4.69, 9.17) is 10.4 Å². The maximum Gasteiger partial charge on any atom is 0.335 e. The van der Waals surface area contributed by atoms with Gasteiger partial charge in [0, 0.05) is 5.39 Å². The fraction of sp³-hybridized carbons (Fsp3) is 0. The molecule has 0 amide bonds. The van der Waals surface area contributed by atoms with E-state index >= 15 is 0 Å². The summed E-state index contributed by atoms with van der Waals surface area (Å²) in [7, 11) is 0. The molecule has 1 heterocycles. The summed E-state index contributed by atoms with van der Waals surface area (Å²) in [6.45, 7) is 0. The molecule has 2 rings (SSSR count). The van der Waals surface area contributed by atoms with Crippen LogP contribution in [0.4, 0.5) is 0 Å². The van der Waals surface area contributed by atoms with Gasteiger partial charge in [0.2, 0.25) is 0 Å². The molecule has 1 aromatic heterocycles. The van der Waals surface area contributed by atoms with Crippen molar-refractivity contribution in [3.05, 3.63) is 29.5 Å². The number of carboxylic acid groups (broad SMARTS) is 1. The molecule has 0 aliphatic heterocycles. The van der Waals surface area contributed by atoms with E-state index in [-0.39, 0.29) is 5.56 Å². The summed E-state index contributed by atoms with van der Waals surface area (Å²) in [5, 5.41) is 24.5. The van der Waals surface area contributed by atoms with E-state index in [1.807, 2.05) is 6.07 Å².